The number of pyridine rings is 1. The van der Waals surface area contributed by atoms with Gasteiger partial charge in [0.15, 0.2) is 5.69 Å². The van der Waals surface area contributed by atoms with Crippen LogP contribution in [0.15, 0.2) is 18.3 Å². The molecule has 4 nitrogen and oxygen atoms in total. The second-order valence-corrected chi connectivity index (χ2v) is 4.22. The molecule has 1 rings (SSSR count). The van der Waals surface area contributed by atoms with Gasteiger partial charge in [-0.15, -0.1) is 0 Å². The van der Waals surface area contributed by atoms with E-state index in [4.69, 9.17) is 11.0 Å². The molecule has 1 atom stereocenters. The van der Waals surface area contributed by atoms with E-state index in [1.165, 1.54) is 0 Å². The molecule has 0 bridgehead atoms. The van der Waals surface area contributed by atoms with Crippen LogP contribution in [0.4, 0.5) is 5.69 Å². The summed E-state index contributed by atoms with van der Waals surface area (Å²) in [7, 11) is 0. The van der Waals surface area contributed by atoms with Crippen LogP contribution in [0.1, 0.15) is 26.0 Å². The molecule has 1 unspecified atom stereocenters. The highest BCUT2D eigenvalue weighted by Gasteiger charge is 2.11. The molecule has 0 aliphatic carbocycles. The van der Waals surface area contributed by atoms with Crippen LogP contribution in [0.5, 0.6) is 0 Å². The van der Waals surface area contributed by atoms with Crippen molar-refractivity contribution in [3.8, 4) is 6.07 Å². The van der Waals surface area contributed by atoms with Gasteiger partial charge in [0.2, 0.25) is 0 Å². The molecule has 0 aliphatic heterocycles. The predicted octanol–water partition coefficient (Wildman–Crippen LogP) is 1.74. The third kappa shape index (κ3) is 3.52. The molecule has 0 saturated heterocycles. The van der Waals surface area contributed by atoms with Gasteiger partial charge in [-0.05, 0) is 24.5 Å². The summed E-state index contributed by atoms with van der Waals surface area (Å²) in [5.74, 6) is 0.572. The Kier molecular flexibility index (Phi) is 4.74. The fourth-order valence-corrected chi connectivity index (χ4v) is 1.61. The lowest BCUT2D eigenvalue weighted by molar-refractivity contribution is 0.522. The number of nitriles is 1. The summed E-state index contributed by atoms with van der Waals surface area (Å²) >= 11 is 0. The van der Waals surface area contributed by atoms with Crippen LogP contribution in [0.2, 0.25) is 0 Å². The third-order valence-corrected chi connectivity index (χ3v) is 2.31. The minimum absolute atomic E-state index is 0.191. The van der Waals surface area contributed by atoms with Crippen LogP contribution in [-0.2, 0) is 0 Å². The number of hydrogen-bond donors (Lipinski definition) is 2. The van der Waals surface area contributed by atoms with E-state index in [0.717, 1.165) is 12.1 Å². The Morgan fingerprint density at radius 1 is 1.56 bits per heavy atom. The average Bonchev–Trinajstić information content (AvgIpc) is 2.28. The van der Waals surface area contributed by atoms with Crippen molar-refractivity contribution in [3.05, 3.63) is 24.0 Å². The van der Waals surface area contributed by atoms with Crippen LogP contribution in [-0.4, -0.2) is 17.6 Å². The zero-order valence-electron chi connectivity index (χ0n) is 9.77. The first-order valence-corrected chi connectivity index (χ1v) is 5.49. The van der Waals surface area contributed by atoms with Crippen molar-refractivity contribution in [1.29, 1.82) is 5.26 Å². The number of nitrogens with two attached hydrogens (primary N) is 1. The molecule has 4 heteroatoms. The largest absolute Gasteiger partial charge is 0.379 e. The molecule has 0 aromatic carbocycles. The van der Waals surface area contributed by atoms with Crippen molar-refractivity contribution in [1.82, 2.24) is 4.98 Å². The molecule has 1 aromatic heterocycles. The molecule has 3 N–H and O–H groups in total. The van der Waals surface area contributed by atoms with Gasteiger partial charge >= 0.3 is 0 Å². The van der Waals surface area contributed by atoms with Gasteiger partial charge in [0, 0.05) is 18.8 Å². The number of aromatic nitrogens is 1. The van der Waals surface area contributed by atoms with Crippen LogP contribution in [0.25, 0.3) is 0 Å². The smallest absolute Gasteiger partial charge is 0.163 e. The van der Waals surface area contributed by atoms with E-state index in [-0.39, 0.29) is 6.04 Å². The summed E-state index contributed by atoms with van der Waals surface area (Å²) in [5, 5.41) is 12.2. The van der Waals surface area contributed by atoms with E-state index in [9.17, 15) is 0 Å². The molecule has 0 fully saturated rings. The van der Waals surface area contributed by atoms with Crippen molar-refractivity contribution in [2.45, 2.75) is 26.3 Å². The normalized spacial score (nSPS) is 12.2. The van der Waals surface area contributed by atoms with Gasteiger partial charge in [-0.25, -0.2) is 4.98 Å². The van der Waals surface area contributed by atoms with Crippen molar-refractivity contribution >= 4 is 5.69 Å². The summed E-state index contributed by atoms with van der Waals surface area (Å²) in [4.78, 5) is 4.00. The first-order chi connectivity index (χ1) is 7.67. The van der Waals surface area contributed by atoms with Gasteiger partial charge in [-0.1, -0.05) is 13.8 Å². The molecular weight excluding hydrogens is 200 g/mol. The molecule has 16 heavy (non-hydrogen) atoms. The fraction of sp³-hybridized carbons (Fsp3) is 0.500. The Morgan fingerprint density at radius 3 is 2.88 bits per heavy atom. The van der Waals surface area contributed by atoms with Crippen molar-refractivity contribution in [2.75, 3.05) is 11.9 Å². The third-order valence-electron chi connectivity index (χ3n) is 2.31. The molecular formula is C12H18N4. The lowest BCUT2D eigenvalue weighted by Crippen LogP contribution is -2.30. The molecule has 1 heterocycles. The zero-order valence-corrected chi connectivity index (χ0v) is 9.77. The first-order valence-electron chi connectivity index (χ1n) is 5.49. The Labute approximate surface area is 96.5 Å². The van der Waals surface area contributed by atoms with Crippen LogP contribution in [0.3, 0.4) is 0 Å². The molecule has 86 valence electrons. The lowest BCUT2D eigenvalue weighted by Gasteiger charge is -2.20. The zero-order chi connectivity index (χ0) is 12.0. The summed E-state index contributed by atoms with van der Waals surface area (Å²) in [6, 6.07) is 5.92. The predicted molar refractivity (Wildman–Crippen MR) is 64.9 cm³/mol. The fourth-order valence-electron chi connectivity index (χ4n) is 1.61. The highest BCUT2D eigenvalue weighted by molar-refractivity contribution is 5.53. The van der Waals surface area contributed by atoms with E-state index in [2.05, 4.69) is 30.2 Å². The van der Waals surface area contributed by atoms with E-state index < -0.39 is 0 Å². The Hall–Kier alpha value is -1.60. The van der Waals surface area contributed by atoms with E-state index in [0.29, 0.717) is 18.2 Å². The number of nitrogens with one attached hydrogen (secondary N) is 1. The molecule has 0 aliphatic rings. The topological polar surface area (TPSA) is 74.7 Å². The molecule has 0 amide bonds. The van der Waals surface area contributed by atoms with E-state index >= 15 is 0 Å². The average molecular weight is 218 g/mol. The van der Waals surface area contributed by atoms with Crippen molar-refractivity contribution < 1.29 is 0 Å². The molecule has 1 aromatic rings. The van der Waals surface area contributed by atoms with Gasteiger partial charge < -0.3 is 11.1 Å². The number of rotatable bonds is 5. The van der Waals surface area contributed by atoms with Crippen LogP contribution >= 0.6 is 0 Å². The highest BCUT2D eigenvalue weighted by Crippen LogP contribution is 2.15. The number of hydrogen-bond acceptors (Lipinski definition) is 4. The minimum atomic E-state index is 0.191. The SMILES string of the molecule is CC(C)CC(CN)Nc1cccnc1C#N. The van der Waals surface area contributed by atoms with Crippen LogP contribution in [0, 0.1) is 17.2 Å². The minimum Gasteiger partial charge on any atom is -0.379 e. The Bertz CT molecular complexity index is 368. The second-order valence-electron chi connectivity index (χ2n) is 4.22. The monoisotopic (exact) mass is 218 g/mol. The quantitative estimate of drug-likeness (QED) is 0.789. The number of anilines is 1. The summed E-state index contributed by atoms with van der Waals surface area (Å²) in [6.45, 7) is 4.86. The summed E-state index contributed by atoms with van der Waals surface area (Å²) in [5.41, 5.74) is 6.88. The van der Waals surface area contributed by atoms with Gasteiger partial charge in [-0.2, -0.15) is 5.26 Å². The second kappa shape index (κ2) is 6.09. The maximum atomic E-state index is 8.90. The van der Waals surface area contributed by atoms with E-state index in [1.54, 1.807) is 6.20 Å². The van der Waals surface area contributed by atoms with Gasteiger partial charge in [-0.3, -0.25) is 0 Å². The van der Waals surface area contributed by atoms with Crippen molar-refractivity contribution in [2.24, 2.45) is 11.7 Å². The maximum Gasteiger partial charge on any atom is 0.163 e. The number of nitrogens with zero attached hydrogens (tertiary/aromatic N) is 2. The van der Waals surface area contributed by atoms with Gasteiger partial charge in [0.25, 0.3) is 0 Å². The highest BCUT2D eigenvalue weighted by atomic mass is 15.0. The maximum absolute atomic E-state index is 8.90. The molecule has 0 radical (unpaired) electrons. The Balaban J connectivity index is 2.74. The summed E-state index contributed by atoms with van der Waals surface area (Å²) in [6.07, 6.45) is 2.60. The van der Waals surface area contributed by atoms with Crippen LogP contribution < -0.4 is 11.1 Å². The van der Waals surface area contributed by atoms with Gasteiger partial charge in [0.1, 0.15) is 6.07 Å². The first kappa shape index (κ1) is 12.5. The molecule has 0 spiro atoms. The van der Waals surface area contributed by atoms with Gasteiger partial charge in [0.05, 0.1) is 5.69 Å². The van der Waals surface area contributed by atoms with Crippen molar-refractivity contribution in [3.63, 3.8) is 0 Å². The lowest BCUT2D eigenvalue weighted by atomic mass is 10.0. The Morgan fingerprint density at radius 2 is 2.31 bits per heavy atom. The summed E-state index contributed by atoms with van der Waals surface area (Å²) < 4.78 is 0. The molecule has 0 saturated carbocycles. The standard InChI is InChI=1S/C12H18N4/c1-9(2)6-10(7-13)16-11-4-3-5-15-12(11)8-14/h3-5,9-10,16H,6-7,13H2,1-2H3. The van der Waals surface area contributed by atoms with E-state index in [1.807, 2.05) is 12.1 Å².